The van der Waals surface area contributed by atoms with E-state index in [-0.39, 0.29) is 5.91 Å². The van der Waals surface area contributed by atoms with Gasteiger partial charge in [-0.15, -0.1) is 0 Å². The number of hydrogen-bond acceptors (Lipinski definition) is 3. The first-order chi connectivity index (χ1) is 13.4. The second-order valence-electron chi connectivity index (χ2n) is 7.11. The maximum Gasteiger partial charge on any atom is 0.243 e. The number of benzene rings is 2. The zero-order valence-electron chi connectivity index (χ0n) is 16.8. The Balaban J connectivity index is 1.66. The maximum absolute atomic E-state index is 12.8. The summed E-state index contributed by atoms with van der Waals surface area (Å²) in [5, 5.41) is 0. The molecule has 0 atom stereocenters. The minimum atomic E-state index is -3.44. The van der Waals surface area contributed by atoms with Crippen LogP contribution in [0.5, 0.6) is 0 Å². The molecule has 0 aromatic heterocycles. The van der Waals surface area contributed by atoms with Crippen molar-refractivity contribution in [1.29, 1.82) is 0 Å². The lowest BCUT2D eigenvalue weighted by Crippen LogP contribution is -2.30. The molecule has 1 heterocycles. The van der Waals surface area contributed by atoms with Gasteiger partial charge in [0.25, 0.3) is 0 Å². The van der Waals surface area contributed by atoms with Gasteiger partial charge in [-0.1, -0.05) is 44.2 Å². The first-order valence-corrected chi connectivity index (χ1v) is 11.3. The van der Waals surface area contributed by atoms with E-state index in [1.165, 1.54) is 9.87 Å². The van der Waals surface area contributed by atoms with E-state index in [9.17, 15) is 13.2 Å². The lowest BCUT2D eigenvalue weighted by Gasteiger charge is -2.20. The predicted molar refractivity (Wildman–Crippen MR) is 112 cm³/mol. The van der Waals surface area contributed by atoms with E-state index in [0.29, 0.717) is 30.8 Å². The van der Waals surface area contributed by atoms with E-state index in [1.807, 2.05) is 49.9 Å². The van der Waals surface area contributed by atoms with Crippen LogP contribution in [0.25, 0.3) is 0 Å². The smallest absolute Gasteiger partial charge is 0.243 e. The van der Waals surface area contributed by atoms with Gasteiger partial charge >= 0.3 is 0 Å². The number of anilines is 1. The van der Waals surface area contributed by atoms with E-state index < -0.39 is 10.0 Å². The van der Waals surface area contributed by atoms with Crippen LogP contribution in [-0.2, 0) is 27.7 Å². The van der Waals surface area contributed by atoms with Crippen LogP contribution in [0.1, 0.15) is 37.0 Å². The van der Waals surface area contributed by atoms with Gasteiger partial charge < -0.3 is 4.90 Å². The van der Waals surface area contributed by atoms with Crippen molar-refractivity contribution in [2.24, 2.45) is 0 Å². The molecule has 0 aliphatic carbocycles. The molecular formula is C22H28N2O3S. The highest BCUT2D eigenvalue weighted by Crippen LogP contribution is 2.32. The number of rotatable bonds is 7. The molecule has 6 heteroatoms. The van der Waals surface area contributed by atoms with Crippen molar-refractivity contribution in [1.82, 2.24) is 4.31 Å². The molecule has 0 spiro atoms. The Bertz CT molecular complexity index is 948. The van der Waals surface area contributed by atoms with E-state index in [2.05, 4.69) is 6.07 Å². The predicted octanol–water partition coefficient (Wildman–Crippen LogP) is 3.55. The molecule has 3 rings (SSSR count). The van der Waals surface area contributed by atoms with Crippen molar-refractivity contribution in [3.05, 3.63) is 59.2 Å². The number of carbonyl (C=O) groups excluding carboxylic acids is 1. The summed E-state index contributed by atoms with van der Waals surface area (Å²) in [5.41, 5.74) is 4.40. The van der Waals surface area contributed by atoms with Gasteiger partial charge in [0.15, 0.2) is 0 Å². The van der Waals surface area contributed by atoms with E-state index in [4.69, 9.17) is 0 Å². The number of amides is 1. The minimum Gasteiger partial charge on any atom is -0.312 e. The molecule has 1 amide bonds. The zero-order valence-corrected chi connectivity index (χ0v) is 17.6. The molecule has 0 N–H and O–H groups in total. The van der Waals surface area contributed by atoms with Crippen molar-refractivity contribution in [2.75, 3.05) is 24.5 Å². The fourth-order valence-electron chi connectivity index (χ4n) is 3.83. The summed E-state index contributed by atoms with van der Waals surface area (Å²) >= 11 is 0. The van der Waals surface area contributed by atoms with Gasteiger partial charge in [0.05, 0.1) is 4.90 Å². The molecular weight excluding hydrogens is 372 g/mol. The second-order valence-corrected chi connectivity index (χ2v) is 9.05. The summed E-state index contributed by atoms with van der Waals surface area (Å²) in [6, 6.07) is 13.1. The first kappa shape index (κ1) is 20.6. The molecule has 0 bridgehead atoms. The number of nitrogens with zero attached hydrogens (tertiary/aromatic N) is 2. The third-order valence-corrected chi connectivity index (χ3v) is 7.46. The second kappa shape index (κ2) is 8.45. The Morgan fingerprint density at radius 3 is 2.39 bits per heavy atom. The molecule has 1 aliphatic rings. The minimum absolute atomic E-state index is 0.118. The van der Waals surface area contributed by atoms with Crippen molar-refractivity contribution in [3.8, 4) is 0 Å². The summed E-state index contributed by atoms with van der Waals surface area (Å²) in [4.78, 5) is 14.9. The van der Waals surface area contributed by atoms with E-state index in [0.717, 1.165) is 29.8 Å². The fourth-order valence-corrected chi connectivity index (χ4v) is 5.29. The number of para-hydroxylation sites is 1. The van der Waals surface area contributed by atoms with E-state index >= 15 is 0 Å². The normalized spacial score (nSPS) is 13.8. The summed E-state index contributed by atoms with van der Waals surface area (Å²) in [6.07, 6.45) is 1.92. The molecule has 1 aliphatic heterocycles. The lowest BCUT2D eigenvalue weighted by molar-refractivity contribution is -0.118. The first-order valence-electron chi connectivity index (χ1n) is 9.86. The number of aryl methyl sites for hydroxylation is 2. The van der Waals surface area contributed by atoms with Gasteiger partial charge in [0.1, 0.15) is 0 Å². The van der Waals surface area contributed by atoms with Crippen LogP contribution in [0.3, 0.4) is 0 Å². The van der Waals surface area contributed by atoms with Crippen molar-refractivity contribution >= 4 is 21.6 Å². The maximum atomic E-state index is 12.8. The van der Waals surface area contributed by atoms with Crippen LogP contribution in [0.15, 0.2) is 47.4 Å². The number of sulfonamides is 1. The summed E-state index contributed by atoms with van der Waals surface area (Å²) in [7, 11) is -3.44. The zero-order chi connectivity index (χ0) is 20.3. The highest BCUT2D eigenvalue weighted by molar-refractivity contribution is 7.89. The molecule has 0 saturated heterocycles. The van der Waals surface area contributed by atoms with Crippen LogP contribution >= 0.6 is 0 Å². The Kier molecular flexibility index (Phi) is 6.20. The molecule has 150 valence electrons. The average molecular weight is 401 g/mol. The molecule has 2 aromatic carbocycles. The van der Waals surface area contributed by atoms with Crippen molar-refractivity contribution in [3.63, 3.8) is 0 Å². The molecule has 28 heavy (non-hydrogen) atoms. The molecule has 0 radical (unpaired) electrons. The standard InChI is InChI=1S/C22H28N2O3S/c1-4-23(5-2)28(26,27)20-12-9-18(10-13-20)11-14-21(25)24-16-15-19-8-6-7-17(3)22(19)24/h6-10,12-13H,4-5,11,14-16H2,1-3H3. The highest BCUT2D eigenvalue weighted by atomic mass is 32.2. The number of fused-ring (bicyclic) bond motifs is 1. The molecule has 0 saturated carbocycles. The van der Waals surface area contributed by atoms with Gasteiger partial charge in [0, 0.05) is 31.7 Å². The third-order valence-electron chi connectivity index (χ3n) is 5.39. The van der Waals surface area contributed by atoms with Gasteiger partial charge in [-0.2, -0.15) is 4.31 Å². The topological polar surface area (TPSA) is 57.7 Å². The number of carbonyl (C=O) groups is 1. The largest absolute Gasteiger partial charge is 0.312 e. The molecule has 2 aromatic rings. The Labute approximate surface area is 168 Å². The van der Waals surface area contributed by atoms with Gasteiger partial charge in [-0.25, -0.2) is 8.42 Å². The van der Waals surface area contributed by atoms with Crippen LogP contribution < -0.4 is 4.90 Å². The van der Waals surface area contributed by atoms with Crippen molar-refractivity contribution < 1.29 is 13.2 Å². The van der Waals surface area contributed by atoms with Crippen LogP contribution in [0, 0.1) is 6.92 Å². The van der Waals surface area contributed by atoms with Crippen molar-refractivity contribution in [2.45, 2.75) is 44.9 Å². The Morgan fingerprint density at radius 2 is 1.75 bits per heavy atom. The lowest BCUT2D eigenvalue weighted by atomic mass is 10.1. The summed E-state index contributed by atoms with van der Waals surface area (Å²) < 4.78 is 26.6. The third kappa shape index (κ3) is 3.98. The summed E-state index contributed by atoms with van der Waals surface area (Å²) in [6.45, 7) is 7.34. The summed E-state index contributed by atoms with van der Waals surface area (Å²) in [5.74, 6) is 0.118. The SMILES string of the molecule is CCN(CC)S(=O)(=O)c1ccc(CCC(=O)N2CCc3cccc(C)c32)cc1. The Hall–Kier alpha value is -2.18. The van der Waals surface area contributed by atoms with Gasteiger partial charge in [-0.05, 0) is 48.6 Å². The monoisotopic (exact) mass is 400 g/mol. The van der Waals surface area contributed by atoms with Gasteiger partial charge in [-0.3, -0.25) is 4.79 Å². The average Bonchev–Trinajstić information content (AvgIpc) is 3.13. The van der Waals surface area contributed by atoms with Gasteiger partial charge in [0.2, 0.25) is 15.9 Å². The van der Waals surface area contributed by atoms with Crippen LogP contribution in [0.4, 0.5) is 5.69 Å². The van der Waals surface area contributed by atoms with E-state index in [1.54, 1.807) is 12.1 Å². The fraction of sp³-hybridized carbons (Fsp3) is 0.409. The van der Waals surface area contributed by atoms with Crippen LogP contribution in [0.2, 0.25) is 0 Å². The Morgan fingerprint density at radius 1 is 1.07 bits per heavy atom. The quantitative estimate of drug-likeness (QED) is 0.714. The molecule has 0 fully saturated rings. The van der Waals surface area contributed by atoms with Crippen LogP contribution in [-0.4, -0.2) is 38.3 Å². The molecule has 0 unspecified atom stereocenters. The highest BCUT2D eigenvalue weighted by Gasteiger charge is 2.26. The molecule has 5 nitrogen and oxygen atoms in total. The number of hydrogen-bond donors (Lipinski definition) is 0.